The summed E-state index contributed by atoms with van der Waals surface area (Å²) >= 11 is 5.19. The van der Waals surface area contributed by atoms with Crippen molar-refractivity contribution < 1.29 is 0 Å². The number of halogens is 1. The molecule has 2 heterocycles. The van der Waals surface area contributed by atoms with E-state index in [-0.39, 0.29) is 0 Å². The van der Waals surface area contributed by atoms with Crippen molar-refractivity contribution in [2.24, 2.45) is 0 Å². The molecule has 0 aliphatic heterocycles. The van der Waals surface area contributed by atoms with Crippen molar-refractivity contribution in [3.63, 3.8) is 0 Å². The maximum Gasteiger partial charge on any atom is 0.133 e. The first kappa shape index (κ1) is 14.3. The van der Waals surface area contributed by atoms with Crippen LogP contribution in [0, 0.1) is 0 Å². The lowest BCUT2D eigenvalue weighted by atomic mass is 10.3. The molecule has 0 radical (unpaired) electrons. The Balaban J connectivity index is 2.08. The summed E-state index contributed by atoms with van der Waals surface area (Å²) in [7, 11) is 1.87. The second-order valence-electron chi connectivity index (χ2n) is 4.11. The molecule has 0 aliphatic rings. The van der Waals surface area contributed by atoms with Crippen molar-refractivity contribution in [3.8, 4) is 0 Å². The minimum absolute atomic E-state index is 0.780. The van der Waals surface area contributed by atoms with Gasteiger partial charge in [0, 0.05) is 24.4 Å². The van der Waals surface area contributed by atoms with Crippen LogP contribution in [0.15, 0.2) is 22.0 Å². The average molecular weight is 341 g/mol. The SMILES string of the molecule is CCCc1nc(NC)cc(NCc2ccc(Br)s2)n1. The highest BCUT2D eigenvalue weighted by Crippen LogP contribution is 2.23. The number of nitrogens with one attached hydrogen (secondary N) is 2. The summed E-state index contributed by atoms with van der Waals surface area (Å²) in [6.45, 7) is 2.91. The zero-order valence-corrected chi connectivity index (χ0v) is 13.4. The molecule has 19 heavy (non-hydrogen) atoms. The van der Waals surface area contributed by atoms with Crippen LogP contribution in [0.25, 0.3) is 0 Å². The van der Waals surface area contributed by atoms with E-state index in [1.165, 1.54) is 4.88 Å². The molecule has 0 unspecified atom stereocenters. The lowest BCUT2D eigenvalue weighted by Crippen LogP contribution is -2.06. The van der Waals surface area contributed by atoms with Crippen molar-refractivity contribution in [1.29, 1.82) is 0 Å². The van der Waals surface area contributed by atoms with Crippen LogP contribution in [-0.4, -0.2) is 17.0 Å². The van der Waals surface area contributed by atoms with Crippen molar-refractivity contribution >= 4 is 38.9 Å². The highest BCUT2D eigenvalue weighted by molar-refractivity contribution is 9.11. The molecule has 0 saturated heterocycles. The van der Waals surface area contributed by atoms with Gasteiger partial charge in [-0.1, -0.05) is 6.92 Å². The largest absolute Gasteiger partial charge is 0.373 e. The van der Waals surface area contributed by atoms with Crippen LogP contribution in [0.2, 0.25) is 0 Å². The summed E-state index contributed by atoms with van der Waals surface area (Å²) in [6, 6.07) is 6.10. The Morgan fingerprint density at radius 2 is 2.05 bits per heavy atom. The van der Waals surface area contributed by atoms with E-state index in [0.29, 0.717) is 0 Å². The number of anilines is 2. The molecule has 6 heteroatoms. The summed E-state index contributed by atoms with van der Waals surface area (Å²) < 4.78 is 1.15. The monoisotopic (exact) mass is 340 g/mol. The highest BCUT2D eigenvalue weighted by Gasteiger charge is 2.04. The molecule has 0 aliphatic carbocycles. The minimum Gasteiger partial charge on any atom is -0.373 e. The zero-order valence-electron chi connectivity index (χ0n) is 11.0. The first-order chi connectivity index (χ1) is 9.21. The average Bonchev–Trinajstić information content (AvgIpc) is 2.82. The van der Waals surface area contributed by atoms with Gasteiger partial charge in [-0.15, -0.1) is 11.3 Å². The third-order valence-electron chi connectivity index (χ3n) is 2.57. The first-order valence-corrected chi connectivity index (χ1v) is 7.86. The second kappa shape index (κ2) is 6.86. The fourth-order valence-corrected chi connectivity index (χ4v) is 3.10. The molecule has 2 rings (SSSR count). The van der Waals surface area contributed by atoms with Gasteiger partial charge in [0.1, 0.15) is 17.5 Å². The van der Waals surface area contributed by atoms with Gasteiger partial charge in [-0.25, -0.2) is 9.97 Å². The van der Waals surface area contributed by atoms with E-state index in [0.717, 1.165) is 40.6 Å². The molecule has 0 spiro atoms. The third kappa shape index (κ3) is 4.18. The molecule has 102 valence electrons. The van der Waals surface area contributed by atoms with E-state index < -0.39 is 0 Å². The molecule has 0 aromatic carbocycles. The Morgan fingerprint density at radius 3 is 2.68 bits per heavy atom. The van der Waals surface area contributed by atoms with E-state index in [1.807, 2.05) is 13.1 Å². The van der Waals surface area contributed by atoms with Gasteiger partial charge in [0.15, 0.2) is 0 Å². The Kier molecular flexibility index (Phi) is 5.15. The number of hydrogen-bond donors (Lipinski definition) is 2. The van der Waals surface area contributed by atoms with Crippen LogP contribution >= 0.6 is 27.3 Å². The van der Waals surface area contributed by atoms with Crippen LogP contribution in [0.3, 0.4) is 0 Å². The summed E-state index contributed by atoms with van der Waals surface area (Å²) in [4.78, 5) is 10.2. The van der Waals surface area contributed by atoms with Gasteiger partial charge >= 0.3 is 0 Å². The van der Waals surface area contributed by atoms with Gasteiger partial charge < -0.3 is 10.6 Å². The standard InChI is InChI=1S/C13H17BrN4S/c1-3-4-11-17-12(15-2)7-13(18-11)16-8-9-5-6-10(14)19-9/h5-7H,3-4,8H2,1-2H3,(H2,15,16,17,18). The number of aryl methyl sites for hydroxylation is 1. The van der Waals surface area contributed by atoms with E-state index in [1.54, 1.807) is 11.3 Å². The first-order valence-electron chi connectivity index (χ1n) is 6.25. The molecule has 2 N–H and O–H groups in total. The second-order valence-corrected chi connectivity index (χ2v) is 6.66. The number of rotatable bonds is 6. The van der Waals surface area contributed by atoms with Crippen molar-refractivity contribution in [2.45, 2.75) is 26.3 Å². The smallest absolute Gasteiger partial charge is 0.133 e. The molecule has 4 nitrogen and oxygen atoms in total. The molecular formula is C13H17BrN4S. The van der Waals surface area contributed by atoms with Gasteiger partial charge in [-0.2, -0.15) is 0 Å². The predicted molar refractivity (Wildman–Crippen MR) is 84.9 cm³/mol. The van der Waals surface area contributed by atoms with Crippen LogP contribution < -0.4 is 10.6 Å². The molecule has 0 fully saturated rings. The highest BCUT2D eigenvalue weighted by atomic mass is 79.9. The fourth-order valence-electron chi connectivity index (χ4n) is 1.68. The quantitative estimate of drug-likeness (QED) is 0.836. The molecule has 2 aromatic heterocycles. The summed E-state index contributed by atoms with van der Waals surface area (Å²) in [5, 5.41) is 6.42. The van der Waals surface area contributed by atoms with Crippen LogP contribution in [-0.2, 0) is 13.0 Å². The lowest BCUT2D eigenvalue weighted by Gasteiger charge is -2.08. The Labute approximate surface area is 125 Å². The van der Waals surface area contributed by atoms with Gasteiger partial charge in [0.25, 0.3) is 0 Å². The molecule has 2 aromatic rings. The van der Waals surface area contributed by atoms with E-state index >= 15 is 0 Å². The Morgan fingerprint density at radius 1 is 1.26 bits per heavy atom. The van der Waals surface area contributed by atoms with Crippen LogP contribution in [0.5, 0.6) is 0 Å². The number of hydrogen-bond acceptors (Lipinski definition) is 5. The molecule has 0 amide bonds. The predicted octanol–water partition coefficient (Wildman–Crippen LogP) is 3.91. The van der Waals surface area contributed by atoms with Gasteiger partial charge in [0.05, 0.1) is 10.3 Å². The third-order valence-corrected chi connectivity index (χ3v) is 4.20. The fraction of sp³-hybridized carbons (Fsp3) is 0.385. The van der Waals surface area contributed by atoms with Gasteiger partial charge in [0.2, 0.25) is 0 Å². The zero-order chi connectivity index (χ0) is 13.7. The maximum atomic E-state index is 4.52. The van der Waals surface area contributed by atoms with Gasteiger partial charge in [-0.05, 0) is 34.5 Å². The van der Waals surface area contributed by atoms with Crippen molar-refractivity contribution in [2.75, 3.05) is 17.7 Å². The van der Waals surface area contributed by atoms with Crippen molar-refractivity contribution in [3.05, 3.63) is 32.7 Å². The minimum atomic E-state index is 0.780. The molecular weight excluding hydrogens is 324 g/mol. The number of thiophene rings is 1. The van der Waals surface area contributed by atoms with E-state index in [4.69, 9.17) is 0 Å². The normalized spacial score (nSPS) is 10.5. The number of aromatic nitrogens is 2. The molecule has 0 saturated carbocycles. The van der Waals surface area contributed by atoms with Gasteiger partial charge in [-0.3, -0.25) is 0 Å². The number of nitrogens with zero attached hydrogens (tertiary/aromatic N) is 2. The molecule has 0 atom stereocenters. The topological polar surface area (TPSA) is 49.8 Å². The molecule has 0 bridgehead atoms. The maximum absolute atomic E-state index is 4.52. The summed E-state index contributed by atoms with van der Waals surface area (Å²) in [6.07, 6.45) is 1.94. The summed E-state index contributed by atoms with van der Waals surface area (Å²) in [5.41, 5.74) is 0. The Hall–Kier alpha value is -1.14. The van der Waals surface area contributed by atoms with Crippen LogP contribution in [0.1, 0.15) is 24.0 Å². The van der Waals surface area contributed by atoms with E-state index in [2.05, 4.69) is 55.6 Å². The lowest BCUT2D eigenvalue weighted by molar-refractivity contribution is 0.835. The van der Waals surface area contributed by atoms with Crippen LogP contribution in [0.4, 0.5) is 11.6 Å². The van der Waals surface area contributed by atoms with Crippen molar-refractivity contribution in [1.82, 2.24) is 9.97 Å². The summed E-state index contributed by atoms with van der Waals surface area (Å²) in [5.74, 6) is 2.60. The Bertz CT molecular complexity index is 541. The van der Waals surface area contributed by atoms with E-state index in [9.17, 15) is 0 Å².